The van der Waals surface area contributed by atoms with Gasteiger partial charge in [0.25, 0.3) is 0 Å². The Bertz CT molecular complexity index is 509. The highest BCUT2D eigenvalue weighted by Crippen LogP contribution is 2.35. The van der Waals surface area contributed by atoms with Gasteiger partial charge in [-0.1, -0.05) is 18.2 Å². The molecule has 0 saturated heterocycles. The lowest BCUT2D eigenvalue weighted by Crippen LogP contribution is -2.04. The van der Waals surface area contributed by atoms with Crippen LogP contribution in [0.3, 0.4) is 0 Å². The Morgan fingerprint density at radius 3 is 2.82 bits per heavy atom. The molecule has 2 nitrogen and oxygen atoms in total. The fourth-order valence-electron chi connectivity index (χ4n) is 2.57. The molecule has 2 heteroatoms. The molecule has 1 aliphatic rings. The molecule has 0 atom stereocenters. The lowest BCUT2D eigenvalue weighted by molar-refractivity contribution is 0.667. The van der Waals surface area contributed by atoms with Crippen molar-refractivity contribution in [3.8, 4) is 0 Å². The Labute approximate surface area is 102 Å². The summed E-state index contributed by atoms with van der Waals surface area (Å²) in [6, 6.07) is 8.75. The highest BCUT2D eigenvalue weighted by molar-refractivity contribution is 5.84. The van der Waals surface area contributed by atoms with Gasteiger partial charge in [0.2, 0.25) is 0 Å². The molecule has 2 N–H and O–H groups in total. The lowest BCUT2D eigenvalue weighted by Gasteiger charge is -2.02. The van der Waals surface area contributed by atoms with Gasteiger partial charge < -0.3 is 10.3 Å². The van der Waals surface area contributed by atoms with Crippen LogP contribution in [0.4, 0.5) is 0 Å². The number of rotatable bonds is 5. The largest absolute Gasteiger partial charge is 0.347 e. The van der Waals surface area contributed by atoms with Crippen LogP contribution in [-0.4, -0.2) is 11.1 Å². The van der Waals surface area contributed by atoms with Crippen molar-refractivity contribution in [2.45, 2.75) is 32.2 Å². The van der Waals surface area contributed by atoms with Crippen molar-refractivity contribution in [2.75, 3.05) is 6.54 Å². The van der Waals surface area contributed by atoms with Gasteiger partial charge in [0, 0.05) is 23.6 Å². The van der Waals surface area contributed by atoms with Gasteiger partial charge in [-0.25, -0.2) is 0 Å². The van der Waals surface area contributed by atoms with Crippen LogP contribution in [-0.2, 0) is 13.0 Å². The molecule has 1 saturated carbocycles. The summed E-state index contributed by atoms with van der Waals surface area (Å²) in [5.74, 6) is 0.948. The second-order valence-electron chi connectivity index (χ2n) is 5.15. The minimum atomic E-state index is 0.768. The average Bonchev–Trinajstić information content (AvgIpc) is 3.10. The van der Waals surface area contributed by atoms with Crippen LogP contribution in [0.1, 0.15) is 24.8 Å². The van der Waals surface area contributed by atoms with Gasteiger partial charge in [-0.05, 0) is 49.8 Å². The van der Waals surface area contributed by atoms with Crippen molar-refractivity contribution in [1.29, 1.82) is 0 Å². The molecule has 2 aromatic rings. The smallest absolute Gasteiger partial charge is 0.0483 e. The Kier molecular flexibility index (Phi) is 2.89. The second-order valence-corrected chi connectivity index (χ2v) is 5.15. The lowest BCUT2D eigenvalue weighted by atomic mass is 10.1. The minimum Gasteiger partial charge on any atom is -0.347 e. The molecule has 0 amide bonds. The van der Waals surface area contributed by atoms with E-state index in [1.165, 1.54) is 35.7 Å². The Morgan fingerprint density at radius 2 is 2.06 bits per heavy atom. The van der Waals surface area contributed by atoms with Crippen LogP contribution in [0.5, 0.6) is 0 Å². The van der Waals surface area contributed by atoms with Gasteiger partial charge in [-0.2, -0.15) is 0 Å². The molecular formula is C15H20N2. The van der Waals surface area contributed by atoms with Crippen molar-refractivity contribution in [1.82, 2.24) is 4.57 Å². The van der Waals surface area contributed by atoms with E-state index in [-0.39, 0.29) is 0 Å². The maximum atomic E-state index is 5.60. The zero-order valence-corrected chi connectivity index (χ0v) is 10.2. The fraction of sp³-hybridized carbons (Fsp3) is 0.467. The van der Waals surface area contributed by atoms with Crippen molar-refractivity contribution < 1.29 is 0 Å². The maximum absolute atomic E-state index is 5.60. The zero-order valence-electron chi connectivity index (χ0n) is 10.2. The Hall–Kier alpha value is -1.28. The van der Waals surface area contributed by atoms with Gasteiger partial charge in [0.05, 0.1) is 0 Å². The number of aryl methyl sites for hydroxylation is 1. The summed E-state index contributed by atoms with van der Waals surface area (Å²) < 4.78 is 2.37. The quantitative estimate of drug-likeness (QED) is 0.838. The summed E-state index contributed by atoms with van der Waals surface area (Å²) in [5, 5.41) is 1.44. The third-order valence-corrected chi connectivity index (χ3v) is 3.68. The third-order valence-electron chi connectivity index (χ3n) is 3.68. The predicted molar refractivity (Wildman–Crippen MR) is 72.0 cm³/mol. The van der Waals surface area contributed by atoms with Gasteiger partial charge in [-0.15, -0.1) is 0 Å². The van der Waals surface area contributed by atoms with Crippen molar-refractivity contribution in [3.05, 3.63) is 36.0 Å². The van der Waals surface area contributed by atoms with Crippen LogP contribution < -0.4 is 5.73 Å². The van der Waals surface area contributed by atoms with E-state index in [1.54, 1.807) is 0 Å². The maximum Gasteiger partial charge on any atom is 0.0483 e. The van der Waals surface area contributed by atoms with Crippen LogP contribution in [0.2, 0.25) is 0 Å². The van der Waals surface area contributed by atoms with Crippen LogP contribution in [0, 0.1) is 5.92 Å². The minimum absolute atomic E-state index is 0.768. The molecular weight excluding hydrogens is 208 g/mol. The summed E-state index contributed by atoms with van der Waals surface area (Å²) in [4.78, 5) is 0. The van der Waals surface area contributed by atoms with E-state index in [4.69, 9.17) is 5.73 Å². The van der Waals surface area contributed by atoms with E-state index >= 15 is 0 Å². The number of hydrogen-bond donors (Lipinski definition) is 1. The van der Waals surface area contributed by atoms with Crippen molar-refractivity contribution in [3.63, 3.8) is 0 Å². The number of fused-ring (bicyclic) bond motifs is 1. The number of benzene rings is 1. The first-order valence-corrected chi connectivity index (χ1v) is 6.65. The molecule has 1 fully saturated rings. The molecule has 1 aliphatic carbocycles. The number of nitrogens with two attached hydrogens (primary N) is 1. The van der Waals surface area contributed by atoms with E-state index in [2.05, 4.69) is 35.0 Å². The van der Waals surface area contributed by atoms with E-state index in [1.807, 2.05) is 0 Å². The van der Waals surface area contributed by atoms with Crippen molar-refractivity contribution >= 4 is 10.9 Å². The topological polar surface area (TPSA) is 30.9 Å². The normalized spacial score (nSPS) is 15.6. The number of nitrogens with zero attached hydrogens (tertiary/aromatic N) is 1. The van der Waals surface area contributed by atoms with Crippen LogP contribution >= 0.6 is 0 Å². The van der Waals surface area contributed by atoms with E-state index in [0.29, 0.717) is 0 Å². The summed E-state index contributed by atoms with van der Waals surface area (Å²) >= 11 is 0. The third kappa shape index (κ3) is 2.22. The molecule has 0 spiro atoms. The SMILES string of the molecule is NCCCn1cc(CC2CC2)c2ccccc21. The van der Waals surface area contributed by atoms with Crippen LogP contribution in [0.25, 0.3) is 10.9 Å². The molecule has 17 heavy (non-hydrogen) atoms. The summed E-state index contributed by atoms with van der Waals surface area (Å²) in [7, 11) is 0. The first kappa shape index (κ1) is 10.8. The molecule has 1 heterocycles. The monoisotopic (exact) mass is 228 g/mol. The van der Waals surface area contributed by atoms with Gasteiger partial charge in [0.15, 0.2) is 0 Å². The highest BCUT2D eigenvalue weighted by atomic mass is 15.0. The molecule has 90 valence electrons. The van der Waals surface area contributed by atoms with Gasteiger partial charge >= 0.3 is 0 Å². The van der Waals surface area contributed by atoms with Gasteiger partial charge in [-0.3, -0.25) is 0 Å². The molecule has 0 aliphatic heterocycles. The van der Waals surface area contributed by atoms with Crippen molar-refractivity contribution in [2.24, 2.45) is 11.7 Å². The number of aromatic nitrogens is 1. The summed E-state index contributed by atoms with van der Waals surface area (Å²) in [5.41, 5.74) is 8.50. The first-order valence-electron chi connectivity index (χ1n) is 6.65. The van der Waals surface area contributed by atoms with E-state index in [0.717, 1.165) is 25.4 Å². The standard InChI is InChI=1S/C15H20N2/c16-8-3-9-17-11-13(10-12-6-7-12)14-4-1-2-5-15(14)17/h1-2,4-5,11-12H,3,6-10,16H2. The summed E-state index contributed by atoms with van der Waals surface area (Å²) in [6.45, 7) is 1.81. The second kappa shape index (κ2) is 4.53. The molecule has 1 aromatic heterocycles. The Balaban J connectivity index is 1.96. The van der Waals surface area contributed by atoms with E-state index < -0.39 is 0 Å². The first-order chi connectivity index (χ1) is 8.38. The Morgan fingerprint density at radius 1 is 1.24 bits per heavy atom. The average molecular weight is 228 g/mol. The molecule has 3 rings (SSSR count). The number of para-hydroxylation sites is 1. The molecule has 1 aromatic carbocycles. The molecule has 0 unspecified atom stereocenters. The molecule has 0 radical (unpaired) electrons. The van der Waals surface area contributed by atoms with E-state index in [9.17, 15) is 0 Å². The predicted octanol–water partition coefficient (Wildman–Crippen LogP) is 2.94. The highest BCUT2D eigenvalue weighted by Gasteiger charge is 2.23. The summed E-state index contributed by atoms with van der Waals surface area (Å²) in [6.07, 6.45) is 7.50. The molecule has 0 bridgehead atoms. The van der Waals surface area contributed by atoms with Crippen LogP contribution in [0.15, 0.2) is 30.5 Å². The zero-order chi connectivity index (χ0) is 11.7. The van der Waals surface area contributed by atoms with Gasteiger partial charge in [0.1, 0.15) is 0 Å². The number of hydrogen-bond acceptors (Lipinski definition) is 1. The fourth-order valence-corrected chi connectivity index (χ4v) is 2.57.